The quantitative estimate of drug-likeness (QED) is 0.351. The van der Waals surface area contributed by atoms with Gasteiger partial charge in [-0.05, 0) is 30.5 Å². The molecule has 0 spiro atoms. The highest BCUT2D eigenvalue weighted by molar-refractivity contribution is 14.0. The molecule has 0 bridgehead atoms. The van der Waals surface area contributed by atoms with Gasteiger partial charge in [-0.2, -0.15) is 0 Å². The summed E-state index contributed by atoms with van der Waals surface area (Å²) in [6.07, 6.45) is 1.95. The van der Waals surface area contributed by atoms with E-state index in [9.17, 15) is 4.79 Å². The number of hydrogen-bond donors (Lipinski definition) is 2. The highest BCUT2D eigenvalue weighted by Gasteiger charge is 2.19. The molecule has 2 unspecified atom stereocenters. The molecule has 0 radical (unpaired) electrons. The van der Waals surface area contributed by atoms with Gasteiger partial charge in [-0.15, -0.1) is 24.0 Å². The number of carbonyl (C=O) groups is 1. The molecule has 0 aliphatic carbocycles. The number of rotatable bonds is 7. The maximum atomic E-state index is 12.1. The topological polar surface area (TPSA) is 66.0 Å². The van der Waals surface area contributed by atoms with Crippen LogP contribution >= 0.6 is 24.0 Å². The van der Waals surface area contributed by atoms with Crippen LogP contribution in [0.15, 0.2) is 29.3 Å². The molecule has 0 aromatic heterocycles. The zero-order chi connectivity index (χ0) is 18.9. The number of carbonyl (C=O) groups excluding carboxylic acids is 1. The Balaban J connectivity index is 0.00000364. The van der Waals surface area contributed by atoms with Crippen LogP contribution in [0.3, 0.4) is 0 Å². The smallest absolute Gasteiger partial charge is 0.227 e. The van der Waals surface area contributed by atoms with Crippen molar-refractivity contribution in [2.45, 2.75) is 33.2 Å². The molecule has 2 atom stereocenters. The summed E-state index contributed by atoms with van der Waals surface area (Å²) in [5.74, 6) is 1.51. The Hall–Kier alpha value is -1.35. The molecule has 2 N–H and O–H groups in total. The van der Waals surface area contributed by atoms with Crippen LogP contribution in [-0.2, 0) is 16.1 Å². The van der Waals surface area contributed by atoms with E-state index in [1.165, 1.54) is 0 Å². The lowest BCUT2D eigenvalue weighted by molar-refractivity contribution is -0.119. The van der Waals surface area contributed by atoms with Crippen LogP contribution in [0.1, 0.15) is 32.3 Å². The molecule has 0 saturated carbocycles. The largest absolute Gasteiger partial charge is 0.381 e. The number of aliphatic imine (C=N–C) groups is 1. The van der Waals surface area contributed by atoms with Gasteiger partial charge in [-0.25, -0.2) is 0 Å². The van der Waals surface area contributed by atoms with Crippen molar-refractivity contribution in [3.63, 3.8) is 0 Å². The number of nitrogens with one attached hydrogen (secondary N) is 2. The third kappa shape index (κ3) is 7.65. The van der Waals surface area contributed by atoms with Gasteiger partial charge in [0.1, 0.15) is 0 Å². The van der Waals surface area contributed by atoms with Crippen molar-refractivity contribution < 1.29 is 9.53 Å². The maximum absolute atomic E-state index is 12.1. The minimum absolute atomic E-state index is 0. The number of guanidine groups is 1. The number of anilines is 1. The molecule has 1 amide bonds. The lowest BCUT2D eigenvalue weighted by Crippen LogP contribution is -2.41. The molecule has 7 heteroatoms. The van der Waals surface area contributed by atoms with Crippen LogP contribution in [0.25, 0.3) is 0 Å². The van der Waals surface area contributed by atoms with E-state index in [1.54, 1.807) is 7.05 Å². The van der Waals surface area contributed by atoms with Crippen molar-refractivity contribution in [3.8, 4) is 0 Å². The summed E-state index contributed by atoms with van der Waals surface area (Å²) >= 11 is 0. The summed E-state index contributed by atoms with van der Waals surface area (Å²) in [5, 5.41) is 6.38. The summed E-state index contributed by atoms with van der Waals surface area (Å²) in [6.45, 7) is 7.25. The van der Waals surface area contributed by atoms with Gasteiger partial charge in [0.25, 0.3) is 0 Å². The maximum Gasteiger partial charge on any atom is 0.227 e. The van der Waals surface area contributed by atoms with Gasteiger partial charge in [-0.3, -0.25) is 9.79 Å². The summed E-state index contributed by atoms with van der Waals surface area (Å²) in [7, 11) is 3.85. The first-order chi connectivity index (χ1) is 12.5. The van der Waals surface area contributed by atoms with E-state index < -0.39 is 0 Å². The fourth-order valence-corrected chi connectivity index (χ4v) is 2.98. The van der Waals surface area contributed by atoms with Crippen LogP contribution in [0.2, 0.25) is 0 Å². The molecular weight excluding hydrogens is 455 g/mol. The van der Waals surface area contributed by atoms with E-state index in [0.29, 0.717) is 12.5 Å². The summed E-state index contributed by atoms with van der Waals surface area (Å²) in [4.78, 5) is 18.6. The van der Waals surface area contributed by atoms with Gasteiger partial charge >= 0.3 is 0 Å². The van der Waals surface area contributed by atoms with Crippen molar-refractivity contribution in [1.82, 2.24) is 10.2 Å². The predicted octanol–water partition coefficient (Wildman–Crippen LogP) is 3.33. The fourth-order valence-electron chi connectivity index (χ4n) is 2.98. The van der Waals surface area contributed by atoms with Crippen LogP contribution in [0, 0.1) is 11.8 Å². The predicted molar refractivity (Wildman–Crippen MR) is 122 cm³/mol. The third-order valence-corrected chi connectivity index (χ3v) is 4.83. The molecule has 1 fully saturated rings. The molecular formula is C20H33IN4O2. The highest BCUT2D eigenvalue weighted by Crippen LogP contribution is 2.14. The highest BCUT2D eigenvalue weighted by atomic mass is 127. The Bertz CT molecular complexity index is 618. The Morgan fingerprint density at radius 3 is 2.85 bits per heavy atom. The first-order valence-electron chi connectivity index (χ1n) is 9.42. The van der Waals surface area contributed by atoms with Crippen molar-refractivity contribution in [2.75, 3.05) is 39.2 Å². The molecule has 1 heterocycles. The standard InChI is InChI=1S/C20H32N4O2.HI/c1-5-15(2)19(25)23-18-8-6-7-16(11-18)12-22-20(21-3)24(4)13-17-9-10-26-14-17;/h6-8,11,15,17H,5,9-10,12-14H2,1-4H3,(H,21,22)(H,23,25);1H. The van der Waals surface area contributed by atoms with Gasteiger partial charge in [0.15, 0.2) is 5.96 Å². The van der Waals surface area contributed by atoms with E-state index in [1.807, 2.05) is 38.1 Å². The Morgan fingerprint density at radius 2 is 2.22 bits per heavy atom. The zero-order valence-corrected chi connectivity index (χ0v) is 19.2. The summed E-state index contributed by atoms with van der Waals surface area (Å²) in [5.41, 5.74) is 1.94. The average Bonchev–Trinajstić information content (AvgIpc) is 3.14. The monoisotopic (exact) mass is 488 g/mol. The average molecular weight is 488 g/mol. The fraction of sp³-hybridized carbons (Fsp3) is 0.600. The second-order valence-corrected chi connectivity index (χ2v) is 7.01. The number of ether oxygens (including phenoxy) is 1. The van der Waals surface area contributed by atoms with E-state index in [4.69, 9.17) is 4.74 Å². The SMILES string of the molecule is CCC(C)C(=O)Nc1cccc(CNC(=NC)N(C)CC2CCOC2)c1.I. The van der Waals surface area contributed by atoms with Crippen LogP contribution in [0.5, 0.6) is 0 Å². The normalized spacial score (nSPS) is 17.8. The second-order valence-electron chi connectivity index (χ2n) is 7.01. The van der Waals surface area contributed by atoms with Crippen LogP contribution < -0.4 is 10.6 Å². The van der Waals surface area contributed by atoms with E-state index in [-0.39, 0.29) is 35.8 Å². The number of hydrogen-bond acceptors (Lipinski definition) is 3. The van der Waals surface area contributed by atoms with Gasteiger partial charge in [0.2, 0.25) is 5.91 Å². The molecule has 152 valence electrons. The molecule has 1 aliphatic heterocycles. The Labute approximate surface area is 180 Å². The lowest BCUT2D eigenvalue weighted by Gasteiger charge is -2.24. The minimum Gasteiger partial charge on any atom is -0.381 e. The van der Waals surface area contributed by atoms with Crippen LogP contribution in [0.4, 0.5) is 5.69 Å². The van der Waals surface area contributed by atoms with Crippen molar-refractivity contribution in [3.05, 3.63) is 29.8 Å². The number of halogens is 1. The molecule has 1 aromatic rings. The van der Waals surface area contributed by atoms with Gasteiger partial charge in [0.05, 0.1) is 6.61 Å². The van der Waals surface area contributed by atoms with Gasteiger partial charge in [-0.1, -0.05) is 26.0 Å². The number of benzene rings is 1. The van der Waals surface area contributed by atoms with Crippen molar-refractivity contribution >= 4 is 41.5 Å². The second kappa shape index (κ2) is 12.2. The first kappa shape index (κ1) is 23.7. The molecule has 1 aliphatic rings. The molecule has 27 heavy (non-hydrogen) atoms. The third-order valence-electron chi connectivity index (χ3n) is 4.83. The summed E-state index contributed by atoms with van der Waals surface area (Å²) < 4.78 is 5.45. The van der Waals surface area contributed by atoms with E-state index in [0.717, 1.165) is 49.8 Å². The van der Waals surface area contributed by atoms with Crippen LogP contribution in [-0.4, -0.2) is 50.6 Å². The Kier molecular flexibility index (Phi) is 10.7. The molecule has 6 nitrogen and oxygen atoms in total. The Morgan fingerprint density at radius 1 is 1.44 bits per heavy atom. The van der Waals surface area contributed by atoms with Crippen molar-refractivity contribution in [2.24, 2.45) is 16.8 Å². The first-order valence-corrected chi connectivity index (χ1v) is 9.42. The van der Waals surface area contributed by atoms with Gasteiger partial charge < -0.3 is 20.3 Å². The lowest BCUT2D eigenvalue weighted by atomic mass is 10.1. The van der Waals surface area contributed by atoms with E-state index in [2.05, 4.69) is 27.6 Å². The molecule has 1 saturated heterocycles. The molecule has 2 rings (SSSR count). The molecule has 1 aromatic carbocycles. The van der Waals surface area contributed by atoms with E-state index >= 15 is 0 Å². The number of nitrogens with zero attached hydrogens (tertiary/aromatic N) is 2. The minimum atomic E-state index is 0. The summed E-state index contributed by atoms with van der Waals surface area (Å²) in [6, 6.07) is 7.94. The number of amides is 1. The van der Waals surface area contributed by atoms with Crippen molar-refractivity contribution in [1.29, 1.82) is 0 Å². The van der Waals surface area contributed by atoms with Gasteiger partial charge in [0, 0.05) is 51.3 Å². The zero-order valence-electron chi connectivity index (χ0n) is 16.8.